The first-order valence-corrected chi connectivity index (χ1v) is 7.72. The van der Waals surface area contributed by atoms with E-state index >= 15 is 0 Å². The number of rotatable bonds is 3. The maximum absolute atomic E-state index is 5.96. The highest BCUT2D eigenvalue weighted by molar-refractivity contribution is 9.10. The highest BCUT2D eigenvalue weighted by atomic mass is 79.9. The van der Waals surface area contributed by atoms with Crippen molar-refractivity contribution in [2.45, 2.75) is 32.1 Å². The molecule has 0 saturated carbocycles. The van der Waals surface area contributed by atoms with Crippen LogP contribution in [0.3, 0.4) is 0 Å². The van der Waals surface area contributed by atoms with Gasteiger partial charge < -0.3 is 4.74 Å². The van der Waals surface area contributed by atoms with Crippen molar-refractivity contribution in [1.29, 1.82) is 0 Å². The average Bonchev–Trinajstić information content (AvgIpc) is 2.40. The third-order valence-electron chi connectivity index (χ3n) is 2.84. The van der Waals surface area contributed by atoms with Crippen LogP contribution in [0.1, 0.15) is 32.0 Å². The summed E-state index contributed by atoms with van der Waals surface area (Å²) < 4.78 is 6.77. The van der Waals surface area contributed by atoms with Crippen molar-refractivity contribution >= 4 is 27.5 Å². The quantitative estimate of drug-likeness (QED) is 0.662. The molecule has 0 spiro atoms. The van der Waals surface area contributed by atoms with Crippen LogP contribution in [0.15, 0.2) is 40.9 Å². The molecular weight excluding hydrogens is 338 g/mol. The molecule has 2 rings (SSSR count). The Labute approximate surface area is 133 Å². The second-order valence-electron chi connectivity index (χ2n) is 5.61. The first-order chi connectivity index (χ1) is 9.40. The Bertz CT molecular complexity index is 608. The second kappa shape index (κ2) is 6.15. The minimum Gasteiger partial charge on any atom is -0.438 e. The lowest BCUT2D eigenvalue weighted by molar-refractivity contribution is 0.448. The lowest BCUT2D eigenvalue weighted by atomic mass is 9.91. The van der Waals surface area contributed by atoms with E-state index in [0.29, 0.717) is 11.8 Å². The van der Waals surface area contributed by atoms with Crippen LogP contribution >= 0.6 is 27.5 Å². The smallest absolute Gasteiger partial charge is 0.219 e. The first-order valence-electron chi connectivity index (χ1n) is 6.40. The number of halogens is 2. The maximum Gasteiger partial charge on any atom is 0.219 e. The van der Waals surface area contributed by atoms with Crippen molar-refractivity contribution in [3.05, 3.63) is 52.1 Å². The Hall–Kier alpha value is -1.06. The van der Waals surface area contributed by atoms with Crippen LogP contribution in [0.4, 0.5) is 0 Å². The van der Waals surface area contributed by atoms with Crippen LogP contribution in [-0.2, 0) is 11.3 Å². The average molecular weight is 355 g/mol. The van der Waals surface area contributed by atoms with Crippen LogP contribution in [0.5, 0.6) is 11.6 Å². The standard InChI is InChI=1S/C16H17BrClNO/c1-16(2,3)14-8-11(10-18)9-15(19-14)20-13-7-5-4-6-12(13)17/h4-9H,10H2,1-3H3. The summed E-state index contributed by atoms with van der Waals surface area (Å²) in [7, 11) is 0. The minimum absolute atomic E-state index is 0.0475. The molecule has 0 N–H and O–H groups in total. The molecule has 0 aliphatic carbocycles. The number of nitrogens with zero attached hydrogens (tertiary/aromatic N) is 1. The van der Waals surface area contributed by atoms with Gasteiger partial charge >= 0.3 is 0 Å². The molecule has 20 heavy (non-hydrogen) atoms. The summed E-state index contributed by atoms with van der Waals surface area (Å²) in [5, 5.41) is 0. The van der Waals surface area contributed by atoms with Gasteiger partial charge in [0.25, 0.3) is 0 Å². The van der Waals surface area contributed by atoms with Crippen molar-refractivity contribution in [2.24, 2.45) is 0 Å². The van der Waals surface area contributed by atoms with E-state index in [0.717, 1.165) is 21.5 Å². The number of para-hydroxylation sites is 1. The predicted octanol–water partition coefficient (Wildman–Crippen LogP) is 5.67. The van der Waals surface area contributed by atoms with E-state index in [-0.39, 0.29) is 5.41 Å². The topological polar surface area (TPSA) is 22.1 Å². The Kier molecular flexibility index (Phi) is 4.71. The molecule has 4 heteroatoms. The molecule has 1 aromatic heterocycles. The Balaban J connectivity index is 2.39. The van der Waals surface area contributed by atoms with Crippen molar-refractivity contribution < 1.29 is 4.74 Å². The van der Waals surface area contributed by atoms with Crippen molar-refractivity contribution in [2.75, 3.05) is 0 Å². The monoisotopic (exact) mass is 353 g/mol. The van der Waals surface area contributed by atoms with E-state index < -0.39 is 0 Å². The fourth-order valence-corrected chi connectivity index (χ4v) is 2.23. The van der Waals surface area contributed by atoms with Crippen LogP contribution in [-0.4, -0.2) is 4.98 Å². The number of alkyl halides is 1. The van der Waals surface area contributed by atoms with Gasteiger partial charge in [-0.1, -0.05) is 32.9 Å². The molecule has 0 unspecified atom stereocenters. The van der Waals surface area contributed by atoms with E-state index in [1.165, 1.54) is 0 Å². The van der Waals surface area contributed by atoms with Gasteiger partial charge in [-0.3, -0.25) is 0 Å². The summed E-state index contributed by atoms with van der Waals surface area (Å²) in [6, 6.07) is 11.6. The van der Waals surface area contributed by atoms with Crippen molar-refractivity contribution in [3.8, 4) is 11.6 Å². The van der Waals surface area contributed by atoms with Crippen molar-refractivity contribution in [3.63, 3.8) is 0 Å². The van der Waals surface area contributed by atoms with E-state index in [1.54, 1.807) is 0 Å². The van der Waals surface area contributed by atoms with Gasteiger partial charge in [0, 0.05) is 17.4 Å². The highest BCUT2D eigenvalue weighted by Crippen LogP contribution is 2.31. The first kappa shape index (κ1) is 15.3. The zero-order valence-electron chi connectivity index (χ0n) is 11.8. The van der Waals surface area contributed by atoms with E-state index in [4.69, 9.17) is 16.3 Å². The van der Waals surface area contributed by atoms with E-state index in [1.807, 2.05) is 36.4 Å². The molecule has 0 aliphatic heterocycles. The molecule has 2 aromatic rings. The number of hydrogen-bond donors (Lipinski definition) is 0. The fraction of sp³-hybridized carbons (Fsp3) is 0.312. The number of ether oxygens (including phenoxy) is 1. The molecule has 0 fully saturated rings. The van der Waals surface area contributed by atoms with Crippen LogP contribution in [0.25, 0.3) is 0 Å². The van der Waals surface area contributed by atoms with Crippen LogP contribution in [0.2, 0.25) is 0 Å². The highest BCUT2D eigenvalue weighted by Gasteiger charge is 2.18. The van der Waals surface area contributed by atoms with Crippen molar-refractivity contribution in [1.82, 2.24) is 4.98 Å². The predicted molar refractivity (Wildman–Crippen MR) is 86.7 cm³/mol. The molecule has 1 heterocycles. The van der Waals surface area contributed by atoms with Gasteiger partial charge in [0.2, 0.25) is 5.88 Å². The molecule has 0 amide bonds. The number of aromatic nitrogens is 1. The number of hydrogen-bond acceptors (Lipinski definition) is 2. The normalized spacial score (nSPS) is 11.4. The summed E-state index contributed by atoms with van der Waals surface area (Å²) in [5.74, 6) is 1.75. The number of benzene rings is 1. The van der Waals surface area contributed by atoms with Gasteiger partial charge in [0.15, 0.2) is 0 Å². The van der Waals surface area contributed by atoms with Gasteiger partial charge in [-0.25, -0.2) is 4.98 Å². The summed E-state index contributed by atoms with van der Waals surface area (Å²) in [6.45, 7) is 6.36. The van der Waals surface area contributed by atoms with Crippen LogP contribution < -0.4 is 4.74 Å². The maximum atomic E-state index is 5.96. The zero-order chi connectivity index (χ0) is 14.8. The largest absolute Gasteiger partial charge is 0.438 e. The van der Waals surface area contributed by atoms with Gasteiger partial charge in [-0.2, -0.15) is 0 Å². The molecule has 0 radical (unpaired) electrons. The Morgan fingerprint density at radius 2 is 1.90 bits per heavy atom. The molecule has 2 nitrogen and oxygen atoms in total. The summed E-state index contributed by atoms with van der Waals surface area (Å²) in [4.78, 5) is 4.59. The third kappa shape index (κ3) is 3.74. The second-order valence-corrected chi connectivity index (χ2v) is 6.74. The lowest BCUT2D eigenvalue weighted by Gasteiger charge is -2.19. The SMILES string of the molecule is CC(C)(C)c1cc(CCl)cc(Oc2ccccc2Br)n1. The Morgan fingerprint density at radius 1 is 1.20 bits per heavy atom. The van der Waals surface area contributed by atoms with Gasteiger partial charge in [-0.15, -0.1) is 11.6 Å². The van der Waals surface area contributed by atoms with Crippen LogP contribution in [0, 0.1) is 0 Å². The molecule has 0 bridgehead atoms. The van der Waals surface area contributed by atoms with Gasteiger partial charge in [0.05, 0.1) is 10.2 Å². The lowest BCUT2D eigenvalue weighted by Crippen LogP contribution is -2.14. The zero-order valence-corrected chi connectivity index (χ0v) is 14.1. The summed E-state index contributed by atoms with van der Waals surface area (Å²) in [6.07, 6.45) is 0. The minimum atomic E-state index is -0.0475. The van der Waals surface area contributed by atoms with Gasteiger partial charge in [0.1, 0.15) is 5.75 Å². The molecular formula is C16H17BrClNO. The van der Waals surface area contributed by atoms with E-state index in [2.05, 4.69) is 41.7 Å². The number of pyridine rings is 1. The summed E-state index contributed by atoms with van der Waals surface area (Å²) in [5.41, 5.74) is 1.93. The Morgan fingerprint density at radius 3 is 2.50 bits per heavy atom. The molecule has 1 aromatic carbocycles. The fourth-order valence-electron chi connectivity index (χ4n) is 1.71. The third-order valence-corrected chi connectivity index (χ3v) is 3.80. The summed E-state index contributed by atoms with van der Waals surface area (Å²) >= 11 is 9.43. The molecule has 0 aliphatic rings. The van der Waals surface area contributed by atoms with Gasteiger partial charge in [-0.05, 0) is 39.7 Å². The molecule has 0 atom stereocenters. The van der Waals surface area contributed by atoms with E-state index in [9.17, 15) is 0 Å². The molecule has 0 saturated heterocycles. The molecule has 106 valence electrons.